The van der Waals surface area contributed by atoms with E-state index in [9.17, 15) is 9.35 Å². The number of carbonyl (C=O) groups is 1. The van der Waals surface area contributed by atoms with Gasteiger partial charge in [0.15, 0.2) is 16.5 Å². The largest absolute Gasteiger partial charge is 0.611 e. The molecule has 0 saturated carbocycles. The third-order valence-electron chi connectivity index (χ3n) is 3.82. The van der Waals surface area contributed by atoms with Gasteiger partial charge in [-0.2, -0.15) is 0 Å². The van der Waals surface area contributed by atoms with E-state index in [-0.39, 0.29) is 11.8 Å². The lowest BCUT2D eigenvalue weighted by atomic mass is 10.2. The van der Waals surface area contributed by atoms with Crippen molar-refractivity contribution < 1.29 is 9.35 Å². The maximum atomic E-state index is 12.5. The predicted octanol–water partition coefficient (Wildman–Crippen LogP) is 3.18. The van der Waals surface area contributed by atoms with Crippen LogP contribution in [0.15, 0.2) is 65.6 Å². The number of nitrogens with two attached hydrogens (primary N) is 1. The third-order valence-corrected chi connectivity index (χ3v) is 5.18. The maximum Gasteiger partial charge on any atom is 0.319 e. The molecule has 0 aliphatic rings. The average molecular weight is 395 g/mol. The van der Waals surface area contributed by atoms with E-state index in [1.807, 2.05) is 37.3 Å². The second-order valence-electron chi connectivity index (χ2n) is 5.97. The van der Waals surface area contributed by atoms with Gasteiger partial charge in [-0.25, -0.2) is 14.8 Å². The van der Waals surface area contributed by atoms with Gasteiger partial charge in [0, 0.05) is 23.9 Å². The summed E-state index contributed by atoms with van der Waals surface area (Å²) >= 11 is -1.22. The van der Waals surface area contributed by atoms with Crippen LogP contribution in [-0.4, -0.2) is 27.1 Å². The molecule has 0 saturated heterocycles. The number of aromatic nitrogens is 2. The van der Waals surface area contributed by atoms with Gasteiger partial charge in [-0.1, -0.05) is 18.2 Å². The van der Waals surface area contributed by atoms with E-state index in [0.717, 1.165) is 10.5 Å². The highest BCUT2D eigenvalue weighted by atomic mass is 32.2. The summed E-state index contributed by atoms with van der Waals surface area (Å²) in [6, 6.07) is 17.7. The zero-order valence-electron chi connectivity index (χ0n) is 15.4. The minimum absolute atomic E-state index is 0.251. The van der Waals surface area contributed by atoms with E-state index in [1.165, 1.54) is 0 Å². The summed E-state index contributed by atoms with van der Waals surface area (Å²) in [6.45, 7) is 2.40. The van der Waals surface area contributed by atoms with Crippen LogP contribution >= 0.6 is 0 Å². The quantitative estimate of drug-likeness (QED) is 0.554. The SMILES string of the molecule is CCNC(=O)Nc1ccc(-c2nc(N)cc(C[S+]([O-])c3ccccc3)n2)cc1. The fourth-order valence-electron chi connectivity index (χ4n) is 2.55. The molecule has 1 heterocycles. The van der Waals surface area contributed by atoms with Crippen molar-refractivity contribution >= 4 is 28.7 Å². The average Bonchev–Trinajstić information content (AvgIpc) is 2.69. The number of nitrogen functional groups attached to an aromatic ring is 1. The zero-order chi connectivity index (χ0) is 19.9. The molecule has 3 rings (SSSR count). The molecule has 0 radical (unpaired) electrons. The molecule has 28 heavy (non-hydrogen) atoms. The molecule has 0 fully saturated rings. The zero-order valence-corrected chi connectivity index (χ0v) is 16.2. The number of hydrogen-bond donors (Lipinski definition) is 3. The summed E-state index contributed by atoms with van der Waals surface area (Å²) in [6.07, 6.45) is 0. The lowest BCUT2D eigenvalue weighted by Crippen LogP contribution is -2.28. The van der Waals surface area contributed by atoms with Crippen molar-refractivity contribution in [2.24, 2.45) is 0 Å². The van der Waals surface area contributed by atoms with Crippen molar-refractivity contribution in [3.63, 3.8) is 0 Å². The summed E-state index contributed by atoms with van der Waals surface area (Å²) in [7, 11) is 0. The van der Waals surface area contributed by atoms with E-state index in [0.29, 0.717) is 29.6 Å². The number of urea groups is 1. The predicted molar refractivity (Wildman–Crippen MR) is 111 cm³/mol. The Morgan fingerprint density at radius 1 is 1.11 bits per heavy atom. The molecular formula is C20H21N5O2S. The smallest absolute Gasteiger partial charge is 0.319 e. The molecule has 0 bridgehead atoms. The summed E-state index contributed by atoms with van der Waals surface area (Å²) in [5, 5.41) is 5.40. The van der Waals surface area contributed by atoms with Crippen LogP contribution < -0.4 is 16.4 Å². The molecule has 0 spiro atoms. The summed E-state index contributed by atoms with van der Waals surface area (Å²) in [4.78, 5) is 21.1. The van der Waals surface area contributed by atoms with Crippen LogP contribution in [0.5, 0.6) is 0 Å². The van der Waals surface area contributed by atoms with Gasteiger partial charge < -0.3 is 20.9 Å². The number of amides is 2. The minimum atomic E-state index is -1.22. The van der Waals surface area contributed by atoms with Crippen LogP contribution in [0.25, 0.3) is 11.4 Å². The van der Waals surface area contributed by atoms with Crippen LogP contribution in [0, 0.1) is 0 Å². The van der Waals surface area contributed by atoms with Crippen molar-refractivity contribution in [2.45, 2.75) is 17.6 Å². The van der Waals surface area contributed by atoms with Crippen LogP contribution in [0.1, 0.15) is 12.6 Å². The molecule has 4 N–H and O–H groups in total. The first-order chi connectivity index (χ1) is 13.5. The lowest BCUT2D eigenvalue weighted by molar-refractivity contribution is 0.252. The van der Waals surface area contributed by atoms with Crippen molar-refractivity contribution in [3.8, 4) is 11.4 Å². The number of rotatable bonds is 6. The third kappa shape index (κ3) is 5.21. The van der Waals surface area contributed by atoms with Gasteiger partial charge in [0.05, 0.1) is 5.69 Å². The topological polar surface area (TPSA) is 116 Å². The molecule has 2 aromatic carbocycles. The Hall–Kier alpha value is -3.10. The molecule has 1 unspecified atom stereocenters. The van der Waals surface area contributed by atoms with Gasteiger partial charge in [-0.3, -0.25) is 0 Å². The van der Waals surface area contributed by atoms with Crippen molar-refractivity contribution in [2.75, 3.05) is 17.6 Å². The molecule has 0 aliphatic carbocycles. The van der Waals surface area contributed by atoms with Gasteiger partial charge in [-0.05, 0) is 54.5 Å². The highest BCUT2D eigenvalue weighted by Gasteiger charge is 2.15. The van der Waals surface area contributed by atoms with Gasteiger partial charge in [0.1, 0.15) is 5.82 Å². The Kier molecular flexibility index (Phi) is 6.46. The minimum Gasteiger partial charge on any atom is -0.611 e. The Labute approximate surface area is 166 Å². The molecule has 7 nitrogen and oxygen atoms in total. The molecule has 144 valence electrons. The van der Waals surface area contributed by atoms with Crippen molar-refractivity contribution in [1.29, 1.82) is 0 Å². The molecule has 0 aliphatic heterocycles. The summed E-state index contributed by atoms with van der Waals surface area (Å²) in [5.74, 6) is 1.01. The molecule has 1 atom stereocenters. The normalized spacial score (nSPS) is 11.6. The fraction of sp³-hybridized carbons (Fsp3) is 0.150. The van der Waals surface area contributed by atoms with Crippen LogP contribution in [0.2, 0.25) is 0 Å². The van der Waals surface area contributed by atoms with Gasteiger partial charge in [0.25, 0.3) is 0 Å². The Morgan fingerprint density at radius 2 is 1.82 bits per heavy atom. The summed E-state index contributed by atoms with van der Waals surface area (Å²) < 4.78 is 12.5. The van der Waals surface area contributed by atoms with E-state index in [4.69, 9.17) is 5.73 Å². The van der Waals surface area contributed by atoms with Crippen LogP contribution in [-0.2, 0) is 16.9 Å². The maximum absolute atomic E-state index is 12.5. The Morgan fingerprint density at radius 3 is 2.50 bits per heavy atom. The highest BCUT2D eigenvalue weighted by molar-refractivity contribution is 7.90. The molecule has 2 amide bonds. The molecular weight excluding hydrogens is 374 g/mol. The Balaban J connectivity index is 1.76. The van der Waals surface area contributed by atoms with Gasteiger partial charge in [0.2, 0.25) is 0 Å². The molecule has 3 aromatic rings. The second-order valence-corrected chi connectivity index (χ2v) is 7.42. The first-order valence-corrected chi connectivity index (χ1v) is 10.1. The Bertz CT molecular complexity index is 935. The van der Waals surface area contributed by atoms with Gasteiger partial charge >= 0.3 is 6.03 Å². The first-order valence-electron chi connectivity index (χ1n) is 8.77. The monoisotopic (exact) mass is 395 g/mol. The number of nitrogens with zero attached hydrogens (tertiary/aromatic N) is 2. The van der Waals surface area contributed by atoms with Crippen molar-refractivity contribution in [1.82, 2.24) is 15.3 Å². The van der Waals surface area contributed by atoms with Crippen molar-refractivity contribution in [3.05, 3.63) is 66.4 Å². The highest BCUT2D eigenvalue weighted by Crippen LogP contribution is 2.22. The number of anilines is 2. The standard InChI is InChI=1S/C20H21N5O2S/c1-2-22-20(26)24-15-10-8-14(9-11-15)19-23-16(12-18(21)25-19)13-28(27)17-6-4-3-5-7-17/h3-12H,2,13H2,1H3,(H2,21,23,25)(H2,22,24,26). The summed E-state index contributed by atoms with van der Waals surface area (Å²) in [5.41, 5.74) is 7.94. The van der Waals surface area contributed by atoms with E-state index in [1.54, 1.807) is 30.3 Å². The lowest BCUT2D eigenvalue weighted by Gasteiger charge is -2.11. The number of benzene rings is 2. The van der Waals surface area contributed by atoms with E-state index >= 15 is 0 Å². The van der Waals surface area contributed by atoms with E-state index in [2.05, 4.69) is 20.6 Å². The van der Waals surface area contributed by atoms with Gasteiger partial charge in [-0.15, -0.1) is 0 Å². The number of hydrogen-bond acceptors (Lipinski definition) is 5. The van der Waals surface area contributed by atoms with Crippen LogP contribution in [0.3, 0.4) is 0 Å². The molecule has 1 aromatic heterocycles. The van der Waals surface area contributed by atoms with Crippen LogP contribution in [0.4, 0.5) is 16.3 Å². The molecule has 8 heteroatoms. The fourth-order valence-corrected chi connectivity index (χ4v) is 3.59. The number of nitrogens with one attached hydrogen (secondary N) is 2. The number of carbonyl (C=O) groups excluding carboxylic acids is 1. The second kappa shape index (κ2) is 9.20. The van der Waals surface area contributed by atoms with E-state index < -0.39 is 11.2 Å². The first kappa shape index (κ1) is 19.7.